The fraction of sp³-hybridized carbons (Fsp3) is 0.500. The Morgan fingerprint density at radius 3 is 2.68 bits per heavy atom. The zero-order chi connectivity index (χ0) is 18.3. The number of aromatic nitrogens is 2. The number of methoxy groups -OCH3 is 1. The van der Waals surface area contributed by atoms with Gasteiger partial charge >= 0.3 is 5.97 Å². The highest BCUT2D eigenvalue weighted by molar-refractivity contribution is 5.80. The predicted octanol–water partition coefficient (Wildman–Crippen LogP) is 2.37. The Morgan fingerprint density at radius 2 is 2.04 bits per heavy atom. The highest BCUT2D eigenvalue weighted by atomic mass is 16.5. The minimum Gasteiger partial charge on any atom is -0.491 e. The Bertz CT molecular complexity index is 672. The van der Waals surface area contributed by atoms with Crippen molar-refractivity contribution in [3.05, 3.63) is 42.0 Å². The minimum absolute atomic E-state index is 0.111. The van der Waals surface area contributed by atoms with E-state index in [0.717, 1.165) is 6.42 Å². The third kappa shape index (κ3) is 5.56. The molecule has 2 aromatic rings. The molecule has 1 aromatic heterocycles. The van der Waals surface area contributed by atoms with Gasteiger partial charge in [0.05, 0.1) is 13.7 Å². The van der Waals surface area contributed by atoms with Crippen LogP contribution in [0, 0.1) is 5.92 Å². The second kappa shape index (κ2) is 8.62. The Labute approximate surface area is 147 Å². The lowest BCUT2D eigenvalue weighted by molar-refractivity contribution is -0.149. The molecule has 0 aliphatic carbocycles. The summed E-state index contributed by atoms with van der Waals surface area (Å²) < 4.78 is 15.8. The molecule has 1 N–H and O–H groups in total. The first-order valence-corrected chi connectivity index (χ1v) is 8.25. The van der Waals surface area contributed by atoms with Gasteiger partial charge in [0.1, 0.15) is 17.9 Å². The fourth-order valence-corrected chi connectivity index (χ4v) is 2.22. The van der Waals surface area contributed by atoms with Crippen molar-refractivity contribution in [1.82, 2.24) is 15.5 Å². The summed E-state index contributed by atoms with van der Waals surface area (Å²) in [6, 6.07) is 9.29. The molecule has 0 aliphatic rings. The van der Waals surface area contributed by atoms with Gasteiger partial charge < -0.3 is 14.0 Å². The van der Waals surface area contributed by atoms with Crippen molar-refractivity contribution in [2.45, 2.75) is 39.3 Å². The molecule has 7 heteroatoms. The van der Waals surface area contributed by atoms with E-state index < -0.39 is 11.5 Å². The summed E-state index contributed by atoms with van der Waals surface area (Å²) in [7, 11) is 1.35. The van der Waals surface area contributed by atoms with E-state index >= 15 is 0 Å². The van der Waals surface area contributed by atoms with Crippen LogP contribution in [0.4, 0.5) is 0 Å². The third-order valence-electron chi connectivity index (χ3n) is 3.64. The van der Waals surface area contributed by atoms with Crippen LogP contribution in [0.25, 0.3) is 0 Å². The summed E-state index contributed by atoms with van der Waals surface area (Å²) in [6.45, 7) is 6.26. The summed E-state index contributed by atoms with van der Waals surface area (Å²) in [4.78, 5) is 16.5. The van der Waals surface area contributed by atoms with Crippen molar-refractivity contribution in [2.75, 3.05) is 13.7 Å². The molecule has 7 nitrogen and oxygen atoms in total. The van der Waals surface area contributed by atoms with Crippen LogP contribution in [-0.4, -0.2) is 35.4 Å². The molecule has 0 radical (unpaired) electrons. The first-order valence-electron chi connectivity index (χ1n) is 8.25. The van der Waals surface area contributed by atoms with Crippen molar-refractivity contribution in [3.63, 3.8) is 0 Å². The van der Waals surface area contributed by atoms with Gasteiger partial charge in [0.15, 0.2) is 5.82 Å². The summed E-state index contributed by atoms with van der Waals surface area (Å²) in [5.74, 6) is 1.77. The molecule has 0 spiro atoms. The zero-order valence-electron chi connectivity index (χ0n) is 15.1. The van der Waals surface area contributed by atoms with Gasteiger partial charge in [-0.15, -0.1) is 0 Å². The highest BCUT2D eigenvalue weighted by Gasteiger charge is 2.35. The summed E-state index contributed by atoms with van der Waals surface area (Å²) in [6.07, 6.45) is 0.721. The molecule has 1 atom stereocenters. The van der Waals surface area contributed by atoms with Gasteiger partial charge in [-0.2, -0.15) is 4.98 Å². The smallest absolute Gasteiger partial charge is 0.329 e. The number of esters is 1. The maximum absolute atomic E-state index is 12.2. The van der Waals surface area contributed by atoms with E-state index in [1.54, 1.807) is 6.92 Å². The molecule has 136 valence electrons. The zero-order valence-corrected chi connectivity index (χ0v) is 15.1. The molecule has 0 aliphatic heterocycles. The number of ether oxygens (including phenoxy) is 2. The molecule has 0 bridgehead atoms. The number of carbonyl (C=O) groups excluding carboxylic acids is 1. The van der Waals surface area contributed by atoms with Crippen molar-refractivity contribution in [1.29, 1.82) is 0 Å². The predicted molar refractivity (Wildman–Crippen MR) is 92.0 cm³/mol. The molecule has 1 heterocycles. The Morgan fingerprint density at radius 1 is 1.32 bits per heavy atom. The lowest BCUT2D eigenvalue weighted by Gasteiger charge is -2.27. The molecular formula is C18H25N3O4. The maximum Gasteiger partial charge on any atom is 0.329 e. The summed E-state index contributed by atoms with van der Waals surface area (Å²) >= 11 is 0. The number of hydrogen-bond donors (Lipinski definition) is 1. The van der Waals surface area contributed by atoms with Gasteiger partial charge in [0, 0.05) is 6.42 Å². The highest BCUT2D eigenvalue weighted by Crippen LogP contribution is 2.14. The standard InChI is InChI=1S/C18H25N3O4/c1-13(2)10-16-20-15(21-25-16)11-19-18(3,17(22)23-4)12-24-14-8-6-5-7-9-14/h5-9,13,19H,10-12H2,1-4H3/t18-/m1/s1. The Hall–Kier alpha value is -2.41. The minimum atomic E-state index is -1.04. The van der Waals surface area contributed by atoms with Crippen LogP contribution >= 0.6 is 0 Å². The molecule has 1 aromatic carbocycles. The average Bonchev–Trinajstić information content (AvgIpc) is 3.05. The Kier molecular flexibility index (Phi) is 6.52. The lowest BCUT2D eigenvalue weighted by Crippen LogP contribution is -2.54. The number of rotatable bonds is 9. The van der Waals surface area contributed by atoms with E-state index in [1.165, 1.54) is 7.11 Å². The van der Waals surface area contributed by atoms with E-state index in [9.17, 15) is 4.79 Å². The van der Waals surface area contributed by atoms with Gasteiger partial charge in [-0.1, -0.05) is 37.2 Å². The van der Waals surface area contributed by atoms with Crippen LogP contribution in [0.15, 0.2) is 34.9 Å². The Balaban J connectivity index is 1.99. The van der Waals surface area contributed by atoms with E-state index in [0.29, 0.717) is 23.4 Å². The van der Waals surface area contributed by atoms with Crippen molar-refractivity contribution >= 4 is 5.97 Å². The van der Waals surface area contributed by atoms with E-state index in [2.05, 4.69) is 29.3 Å². The lowest BCUT2D eigenvalue weighted by atomic mass is 10.0. The normalized spacial score (nSPS) is 13.5. The molecule has 2 rings (SSSR count). The van der Waals surface area contributed by atoms with Gasteiger partial charge in [-0.3, -0.25) is 5.32 Å². The topological polar surface area (TPSA) is 86.5 Å². The molecular weight excluding hydrogens is 322 g/mol. The second-order valence-corrected chi connectivity index (χ2v) is 6.48. The van der Waals surface area contributed by atoms with E-state index in [1.807, 2.05) is 30.3 Å². The van der Waals surface area contributed by atoms with Gasteiger partial charge in [-0.25, -0.2) is 4.79 Å². The van der Waals surface area contributed by atoms with E-state index in [-0.39, 0.29) is 13.2 Å². The van der Waals surface area contributed by atoms with Gasteiger partial charge in [0.2, 0.25) is 5.89 Å². The number of benzene rings is 1. The first-order chi connectivity index (χ1) is 11.9. The SMILES string of the molecule is COC(=O)[C@@](C)(COc1ccccc1)NCc1noc(CC(C)C)n1. The second-order valence-electron chi connectivity index (χ2n) is 6.48. The summed E-state index contributed by atoms with van der Waals surface area (Å²) in [5, 5.41) is 7.05. The molecule has 25 heavy (non-hydrogen) atoms. The molecule has 0 amide bonds. The molecule has 0 fully saturated rings. The number of carbonyl (C=O) groups is 1. The average molecular weight is 347 g/mol. The van der Waals surface area contributed by atoms with Crippen molar-refractivity contribution in [2.24, 2.45) is 5.92 Å². The number of nitrogens with zero attached hydrogens (tertiary/aromatic N) is 2. The van der Waals surface area contributed by atoms with Crippen LogP contribution in [0.2, 0.25) is 0 Å². The molecule has 0 saturated carbocycles. The van der Waals surface area contributed by atoms with Gasteiger partial charge in [-0.05, 0) is 25.0 Å². The molecule has 0 saturated heterocycles. The monoisotopic (exact) mass is 347 g/mol. The van der Waals surface area contributed by atoms with Crippen molar-refractivity contribution < 1.29 is 18.8 Å². The quantitative estimate of drug-likeness (QED) is 0.697. The third-order valence-corrected chi connectivity index (χ3v) is 3.64. The summed E-state index contributed by atoms with van der Waals surface area (Å²) in [5.41, 5.74) is -1.04. The van der Waals surface area contributed by atoms with Crippen LogP contribution in [-0.2, 0) is 22.5 Å². The van der Waals surface area contributed by atoms with Crippen molar-refractivity contribution in [3.8, 4) is 5.75 Å². The van der Waals surface area contributed by atoms with E-state index in [4.69, 9.17) is 14.0 Å². The van der Waals surface area contributed by atoms with Gasteiger partial charge in [0.25, 0.3) is 0 Å². The number of para-hydroxylation sites is 1. The van der Waals surface area contributed by atoms with Crippen LogP contribution in [0.1, 0.15) is 32.5 Å². The maximum atomic E-state index is 12.2. The number of hydrogen-bond acceptors (Lipinski definition) is 7. The first kappa shape index (κ1) is 18.9. The van der Waals surface area contributed by atoms with Crippen LogP contribution in [0.3, 0.4) is 0 Å². The number of nitrogens with one attached hydrogen (secondary N) is 1. The largest absolute Gasteiger partial charge is 0.491 e. The fourth-order valence-electron chi connectivity index (χ4n) is 2.22. The van der Waals surface area contributed by atoms with Crippen LogP contribution < -0.4 is 10.1 Å². The molecule has 0 unspecified atom stereocenters. The van der Waals surface area contributed by atoms with Crippen LogP contribution in [0.5, 0.6) is 5.75 Å².